The number of hydrogen-bond acceptors (Lipinski definition) is 3. The zero-order chi connectivity index (χ0) is 19.3. The molecule has 1 aromatic carbocycles. The monoisotopic (exact) mass is 360 g/mol. The molecule has 1 aliphatic heterocycles. The molecule has 1 fully saturated rings. The quantitative estimate of drug-likeness (QED) is 0.751. The van der Waals surface area contributed by atoms with Crippen molar-refractivity contribution < 1.29 is 9.53 Å². The first-order chi connectivity index (χ1) is 12.3. The Hall–Kier alpha value is -1.55. The number of piperidine rings is 1. The molecule has 0 spiro atoms. The van der Waals surface area contributed by atoms with Gasteiger partial charge in [-0.15, -0.1) is 0 Å². The summed E-state index contributed by atoms with van der Waals surface area (Å²) in [5.41, 5.74) is 3.45. The highest BCUT2D eigenvalue weighted by Crippen LogP contribution is 2.24. The summed E-state index contributed by atoms with van der Waals surface area (Å²) in [6.45, 7) is 16.8. The lowest BCUT2D eigenvalue weighted by atomic mass is 9.92. The highest BCUT2D eigenvalue weighted by atomic mass is 16.5. The van der Waals surface area contributed by atoms with Crippen molar-refractivity contribution in [2.75, 3.05) is 26.2 Å². The molecule has 1 amide bonds. The molecule has 0 unspecified atom stereocenters. The molecular formula is C22H36N2O2. The van der Waals surface area contributed by atoms with Crippen molar-refractivity contribution in [3.05, 3.63) is 28.8 Å². The average molecular weight is 361 g/mol. The molecule has 0 aromatic heterocycles. The zero-order valence-electron chi connectivity index (χ0n) is 17.4. The first-order valence-corrected chi connectivity index (χ1v) is 10.0. The van der Waals surface area contributed by atoms with Gasteiger partial charge in [0.05, 0.1) is 0 Å². The third-order valence-corrected chi connectivity index (χ3v) is 5.33. The van der Waals surface area contributed by atoms with Gasteiger partial charge in [0, 0.05) is 19.6 Å². The second-order valence-electron chi connectivity index (χ2n) is 8.32. The van der Waals surface area contributed by atoms with Crippen molar-refractivity contribution in [2.24, 2.45) is 11.8 Å². The SMILES string of the molecule is Cc1cc(C)c(C)c(O[C@@H](C)C(=O)NCCCN2C[C@H](C)C[C@H](C)C2)c1. The van der Waals surface area contributed by atoms with Crippen LogP contribution in [0.25, 0.3) is 0 Å². The van der Waals surface area contributed by atoms with E-state index in [1.807, 2.05) is 26.8 Å². The Bertz CT molecular complexity index is 604. The number of nitrogens with zero attached hydrogens (tertiary/aromatic N) is 1. The molecule has 26 heavy (non-hydrogen) atoms. The van der Waals surface area contributed by atoms with Gasteiger partial charge < -0.3 is 15.0 Å². The van der Waals surface area contributed by atoms with E-state index in [9.17, 15) is 4.79 Å². The largest absolute Gasteiger partial charge is 0.481 e. The second-order valence-corrected chi connectivity index (χ2v) is 8.32. The van der Waals surface area contributed by atoms with Gasteiger partial charge in [-0.05, 0) is 81.7 Å². The van der Waals surface area contributed by atoms with E-state index in [2.05, 4.69) is 37.1 Å². The number of hydrogen-bond donors (Lipinski definition) is 1. The summed E-state index contributed by atoms with van der Waals surface area (Å²) in [6.07, 6.45) is 1.84. The van der Waals surface area contributed by atoms with Crippen LogP contribution in [0.4, 0.5) is 0 Å². The minimum absolute atomic E-state index is 0.0380. The van der Waals surface area contributed by atoms with E-state index in [0.29, 0.717) is 6.54 Å². The van der Waals surface area contributed by atoms with Crippen LogP contribution in [0.3, 0.4) is 0 Å². The van der Waals surface area contributed by atoms with Crippen molar-refractivity contribution in [1.29, 1.82) is 0 Å². The number of amides is 1. The number of carbonyl (C=O) groups excluding carboxylic acids is 1. The fourth-order valence-corrected chi connectivity index (χ4v) is 4.00. The van der Waals surface area contributed by atoms with E-state index in [0.717, 1.165) is 41.7 Å². The van der Waals surface area contributed by atoms with Gasteiger partial charge >= 0.3 is 0 Å². The lowest BCUT2D eigenvalue weighted by molar-refractivity contribution is -0.127. The summed E-state index contributed by atoms with van der Waals surface area (Å²) < 4.78 is 5.92. The fourth-order valence-electron chi connectivity index (χ4n) is 4.00. The van der Waals surface area contributed by atoms with Crippen LogP contribution < -0.4 is 10.1 Å². The lowest BCUT2D eigenvalue weighted by Crippen LogP contribution is -2.41. The molecule has 0 saturated carbocycles. The fraction of sp³-hybridized carbons (Fsp3) is 0.682. The topological polar surface area (TPSA) is 41.6 Å². The minimum atomic E-state index is -0.482. The predicted molar refractivity (Wildman–Crippen MR) is 108 cm³/mol. The average Bonchev–Trinajstić information content (AvgIpc) is 2.55. The molecule has 1 N–H and O–H groups in total. The molecule has 3 atom stereocenters. The van der Waals surface area contributed by atoms with Gasteiger partial charge in [0.2, 0.25) is 0 Å². The van der Waals surface area contributed by atoms with E-state index < -0.39 is 6.10 Å². The Balaban J connectivity index is 1.74. The third kappa shape index (κ3) is 6.01. The highest BCUT2D eigenvalue weighted by molar-refractivity contribution is 5.80. The van der Waals surface area contributed by atoms with Crippen LogP contribution in [0.5, 0.6) is 5.75 Å². The van der Waals surface area contributed by atoms with Gasteiger partial charge in [-0.1, -0.05) is 19.9 Å². The van der Waals surface area contributed by atoms with Crippen LogP contribution in [0.1, 0.15) is 50.3 Å². The maximum atomic E-state index is 12.3. The molecule has 1 aromatic rings. The summed E-state index contributed by atoms with van der Waals surface area (Å²) >= 11 is 0. The molecule has 1 heterocycles. The van der Waals surface area contributed by atoms with Crippen molar-refractivity contribution in [3.8, 4) is 5.75 Å². The first-order valence-electron chi connectivity index (χ1n) is 10.0. The Labute approximate surface area is 159 Å². The molecule has 0 radical (unpaired) electrons. The van der Waals surface area contributed by atoms with Gasteiger partial charge in [0.25, 0.3) is 5.91 Å². The van der Waals surface area contributed by atoms with Gasteiger partial charge in [-0.3, -0.25) is 4.79 Å². The maximum absolute atomic E-state index is 12.3. The summed E-state index contributed by atoms with van der Waals surface area (Å²) in [5, 5.41) is 3.02. The summed E-state index contributed by atoms with van der Waals surface area (Å²) in [5.74, 6) is 2.33. The minimum Gasteiger partial charge on any atom is -0.481 e. The Morgan fingerprint density at radius 3 is 2.54 bits per heavy atom. The lowest BCUT2D eigenvalue weighted by Gasteiger charge is -2.34. The van der Waals surface area contributed by atoms with Crippen LogP contribution >= 0.6 is 0 Å². The van der Waals surface area contributed by atoms with Gasteiger partial charge in [-0.2, -0.15) is 0 Å². The van der Waals surface area contributed by atoms with E-state index in [1.165, 1.54) is 25.1 Å². The van der Waals surface area contributed by atoms with Crippen molar-refractivity contribution in [1.82, 2.24) is 10.2 Å². The van der Waals surface area contributed by atoms with Crippen LogP contribution in [0.15, 0.2) is 12.1 Å². The smallest absolute Gasteiger partial charge is 0.260 e. The number of ether oxygens (including phenoxy) is 1. The van der Waals surface area contributed by atoms with Gasteiger partial charge in [0.1, 0.15) is 5.75 Å². The van der Waals surface area contributed by atoms with E-state index in [1.54, 1.807) is 0 Å². The maximum Gasteiger partial charge on any atom is 0.260 e. The van der Waals surface area contributed by atoms with Crippen molar-refractivity contribution in [2.45, 2.75) is 60.5 Å². The summed E-state index contributed by atoms with van der Waals surface area (Å²) in [4.78, 5) is 14.9. The van der Waals surface area contributed by atoms with Crippen LogP contribution in [0, 0.1) is 32.6 Å². The number of nitrogens with one attached hydrogen (secondary N) is 1. The number of aryl methyl sites for hydroxylation is 2. The number of benzene rings is 1. The Morgan fingerprint density at radius 1 is 1.23 bits per heavy atom. The van der Waals surface area contributed by atoms with Crippen LogP contribution in [-0.4, -0.2) is 43.1 Å². The van der Waals surface area contributed by atoms with E-state index >= 15 is 0 Å². The van der Waals surface area contributed by atoms with Crippen LogP contribution in [0.2, 0.25) is 0 Å². The highest BCUT2D eigenvalue weighted by Gasteiger charge is 2.21. The number of carbonyl (C=O) groups is 1. The Kier molecular flexibility index (Phi) is 7.51. The first kappa shape index (κ1) is 20.8. The molecule has 0 bridgehead atoms. The molecule has 2 rings (SSSR count). The normalized spacial score (nSPS) is 22.1. The summed E-state index contributed by atoms with van der Waals surface area (Å²) in [7, 11) is 0. The summed E-state index contributed by atoms with van der Waals surface area (Å²) in [6, 6.07) is 4.14. The zero-order valence-corrected chi connectivity index (χ0v) is 17.4. The standard InChI is InChI=1S/C22H36N2O2/c1-15-11-18(4)19(5)21(12-15)26-20(6)22(25)23-8-7-9-24-13-16(2)10-17(3)14-24/h11-12,16-17,20H,7-10,13-14H2,1-6H3,(H,23,25)/t16-,17+,20-/m0/s1. The van der Waals surface area contributed by atoms with Crippen molar-refractivity contribution >= 4 is 5.91 Å². The van der Waals surface area contributed by atoms with Gasteiger partial charge in [-0.25, -0.2) is 0 Å². The molecule has 146 valence electrons. The molecule has 4 heteroatoms. The predicted octanol–water partition coefficient (Wildman–Crippen LogP) is 3.86. The molecular weight excluding hydrogens is 324 g/mol. The van der Waals surface area contributed by atoms with Crippen LogP contribution in [-0.2, 0) is 4.79 Å². The van der Waals surface area contributed by atoms with Gasteiger partial charge in [0.15, 0.2) is 6.10 Å². The van der Waals surface area contributed by atoms with E-state index in [-0.39, 0.29) is 5.91 Å². The van der Waals surface area contributed by atoms with Crippen molar-refractivity contribution in [3.63, 3.8) is 0 Å². The second kappa shape index (κ2) is 9.40. The molecule has 1 saturated heterocycles. The Morgan fingerprint density at radius 2 is 1.88 bits per heavy atom. The third-order valence-electron chi connectivity index (χ3n) is 5.33. The number of rotatable bonds is 7. The molecule has 4 nitrogen and oxygen atoms in total. The number of likely N-dealkylation sites (tertiary alicyclic amines) is 1. The molecule has 1 aliphatic rings. The van der Waals surface area contributed by atoms with E-state index in [4.69, 9.17) is 4.74 Å². The molecule has 0 aliphatic carbocycles.